The summed E-state index contributed by atoms with van der Waals surface area (Å²) in [5.41, 5.74) is 2.49. The predicted molar refractivity (Wildman–Crippen MR) is 72.8 cm³/mol. The van der Waals surface area contributed by atoms with Crippen LogP contribution in [0.4, 0.5) is 0 Å². The molecule has 1 heterocycles. The van der Waals surface area contributed by atoms with Gasteiger partial charge in [-0.3, -0.25) is 4.79 Å². The Balaban J connectivity index is 2.04. The fourth-order valence-corrected chi connectivity index (χ4v) is 1.77. The molecular formula is C15H17NO3. The Morgan fingerprint density at radius 1 is 1.37 bits per heavy atom. The number of aliphatic hydroxyl groups excluding tert-OH is 1. The van der Waals surface area contributed by atoms with Gasteiger partial charge in [0.1, 0.15) is 0 Å². The first-order valence-electron chi connectivity index (χ1n) is 6.25. The van der Waals surface area contributed by atoms with Gasteiger partial charge in [0.15, 0.2) is 0 Å². The van der Waals surface area contributed by atoms with Crippen molar-refractivity contribution in [3.8, 4) is 11.1 Å². The maximum Gasteiger partial charge on any atom is 0.251 e. The summed E-state index contributed by atoms with van der Waals surface area (Å²) in [7, 11) is 0. The van der Waals surface area contributed by atoms with Gasteiger partial charge in [0.25, 0.3) is 5.91 Å². The number of amides is 1. The van der Waals surface area contributed by atoms with E-state index in [0.717, 1.165) is 11.1 Å². The first-order chi connectivity index (χ1) is 9.16. The standard InChI is InChI=1S/C15H17NO3/c1-11(17)5-7-16-15(18)13-4-2-3-12(9-13)14-6-8-19-10-14/h2-4,6,8-11,17H,5,7H2,1H3,(H,16,18). The van der Waals surface area contributed by atoms with Crippen molar-refractivity contribution in [1.82, 2.24) is 5.32 Å². The molecule has 1 atom stereocenters. The van der Waals surface area contributed by atoms with Crippen LogP contribution < -0.4 is 5.32 Å². The topological polar surface area (TPSA) is 62.5 Å². The van der Waals surface area contributed by atoms with Crippen LogP contribution in [-0.2, 0) is 0 Å². The highest BCUT2D eigenvalue weighted by molar-refractivity contribution is 5.95. The first-order valence-corrected chi connectivity index (χ1v) is 6.25. The van der Waals surface area contributed by atoms with Crippen molar-refractivity contribution in [3.05, 3.63) is 48.4 Å². The molecule has 2 aromatic rings. The molecule has 2 rings (SSSR count). The molecule has 0 bridgehead atoms. The number of aliphatic hydroxyl groups is 1. The Hall–Kier alpha value is -2.07. The van der Waals surface area contributed by atoms with Crippen molar-refractivity contribution in [2.45, 2.75) is 19.4 Å². The third-order valence-corrected chi connectivity index (χ3v) is 2.83. The number of carbonyl (C=O) groups excluding carboxylic acids is 1. The van der Waals surface area contributed by atoms with Crippen LogP contribution in [0.2, 0.25) is 0 Å². The Labute approximate surface area is 112 Å². The second kappa shape index (κ2) is 6.20. The highest BCUT2D eigenvalue weighted by Gasteiger charge is 2.07. The molecule has 0 aliphatic heterocycles. The molecule has 0 fully saturated rings. The summed E-state index contributed by atoms with van der Waals surface area (Å²) in [6.45, 7) is 2.16. The number of hydrogen-bond donors (Lipinski definition) is 2. The fraction of sp³-hybridized carbons (Fsp3) is 0.267. The van der Waals surface area contributed by atoms with Crippen molar-refractivity contribution < 1.29 is 14.3 Å². The molecule has 0 saturated carbocycles. The smallest absolute Gasteiger partial charge is 0.251 e. The van der Waals surface area contributed by atoms with E-state index in [9.17, 15) is 4.79 Å². The van der Waals surface area contributed by atoms with Crippen molar-refractivity contribution in [2.24, 2.45) is 0 Å². The molecule has 4 heteroatoms. The first kappa shape index (κ1) is 13.4. The molecule has 0 aliphatic rings. The average Bonchev–Trinajstić information content (AvgIpc) is 2.92. The zero-order chi connectivity index (χ0) is 13.7. The van der Waals surface area contributed by atoms with Gasteiger partial charge in [-0.15, -0.1) is 0 Å². The number of rotatable bonds is 5. The predicted octanol–water partition coefficient (Wildman–Crippen LogP) is 2.45. The lowest BCUT2D eigenvalue weighted by Crippen LogP contribution is -2.26. The minimum atomic E-state index is -0.405. The van der Waals surface area contributed by atoms with E-state index < -0.39 is 6.10 Å². The van der Waals surface area contributed by atoms with Crippen molar-refractivity contribution in [3.63, 3.8) is 0 Å². The Morgan fingerprint density at radius 2 is 2.21 bits per heavy atom. The highest BCUT2D eigenvalue weighted by Crippen LogP contribution is 2.20. The minimum absolute atomic E-state index is 0.133. The van der Waals surface area contributed by atoms with Gasteiger partial charge in [-0.25, -0.2) is 0 Å². The Bertz CT molecular complexity index is 532. The monoisotopic (exact) mass is 259 g/mol. The number of hydrogen-bond acceptors (Lipinski definition) is 3. The summed E-state index contributed by atoms with van der Waals surface area (Å²) in [5, 5.41) is 11.9. The van der Waals surface area contributed by atoms with Crippen LogP contribution in [-0.4, -0.2) is 23.7 Å². The van der Waals surface area contributed by atoms with Crippen molar-refractivity contribution in [2.75, 3.05) is 6.54 Å². The molecule has 1 unspecified atom stereocenters. The van der Waals surface area contributed by atoms with E-state index in [0.29, 0.717) is 18.5 Å². The average molecular weight is 259 g/mol. The summed E-state index contributed by atoms with van der Waals surface area (Å²) in [4.78, 5) is 11.9. The van der Waals surface area contributed by atoms with Gasteiger partial charge >= 0.3 is 0 Å². The molecule has 1 aromatic heterocycles. The third kappa shape index (κ3) is 3.69. The molecule has 0 spiro atoms. The Morgan fingerprint density at radius 3 is 2.89 bits per heavy atom. The zero-order valence-electron chi connectivity index (χ0n) is 10.8. The molecule has 0 saturated heterocycles. The molecule has 1 amide bonds. The Kier molecular flexibility index (Phi) is 4.36. The lowest BCUT2D eigenvalue weighted by atomic mass is 10.1. The van der Waals surface area contributed by atoms with Crippen molar-refractivity contribution in [1.29, 1.82) is 0 Å². The molecule has 0 radical (unpaired) electrons. The van der Waals surface area contributed by atoms with Gasteiger partial charge in [-0.05, 0) is 37.1 Å². The van der Waals surface area contributed by atoms with Gasteiger partial charge < -0.3 is 14.8 Å². The lowest BCUT2D eigenvalue weighted by Gasteiger charge is -2.07. The van der Waals surface area contributed by atoms with E-state index in [-0.39, 0.29) is 5.91 Å². The largest absolute Gasteiger partial charge is 0.472 e. The van der Waals surface area contributed by atoms with Gasteiger partial charge in [0.2, 0.25) is 0 Å². The van der Waals surface area contributed by atoms with E-state index in [1.54, 1.807) is 25.5 Å². The molecule has 4 nitrogen and oxygen atoms in total. The van der Waals surface area contributed by atoms with Gasteiger partial charge in [-0.2, -0.15) is 0 Å². The van der Waals surface area contributed by atoms with E-state index in [2.05, 4.69) is 5.32 Å². The molecule has 2 N–H and O–H groups in total. The number of furan rings is 1. The minimum Gasteiger partial charge on any atom is -0.472 e. The van der Waals surface area contributed by atoms with E-state index in [1.165, 1.54) is 0 Å². The summed E-state index contributed by atoms with van der Waals surface area (Å²) in [6, 6.07) is 9.21. The van der Waals surface area contributed by atoms with Gasteiger partial charge in [0.05, 0.1) is 18.6 Å². The summed E-state index contributed by atoms with van der Waals surface area (Å²) < 4.78 is 5.03. The van der Waals surface area contributed by atoms with E-state index >= 15 is 0 Å². The third-order valence-electron chi connectivity index (χ3n) is 2.83. The zero-order valence-corrected chi connectivity index (χ0v) is 10.8. The van der Waals surface area contributed by atoms with E-state index in [4.69, 9.17) is 9.52 Å². The molecule has 19 heavy (non-hydrogen) atoms. The normalized spacial score (nSPS) is 12.1. The van der Waals surface area contributed by atoms with Crippen molar-refractivity contribution >= 4 is 5.91 Å². The quantitative estimate of drug-likeness (QED) is 0.867. The van der Waals surface area contributed by atoms with Crippen LogP contribution >= 0.6 is 0 Å². The summed E-state index contributed by atoms with van der Waals surface area (Å²) in [6.07, 6.45) is 3.39. The fourth-order valence-electron chi connectivity index (χ4n) is 1.77. The number of carbonyl (C=O) groups is 1. The van der Waals surface area contributed by atoms with Crippen LogP contribution in [0.15, 0.2) is 47.3 Å². The molecule has 100 valence electrons. The second-order valence-electron chi connectivity index (χ2n) is 4.49. The van der Waals surface area contributed by atoms with E-state index in [1.807, 2.05) is 24.3 Å². The summed E-state index contributed by atoms with van der Waals surface area (Å²) >= 11 is 0. The van der Waals surface area contributed by atoms with Crippen LogP contribution in [0.25, 0.3) is 11.1 Å². The second-order valence-corrected chi connectivity index (χ2v) is 4.49. The van der Waals surface area contributed by atoms with Crippen LogP contribution in [0, 0.1) is 0 Å². The highest BCUT2D eigenvalue weighted by atomic mass is 16.3. The van der Waals surface area contributed by atoms with Crippen LogP contribution in [0.1, 0.15) is 23.7 Å². The van der Waals surface area contributed by atoms with Gasteiger partial charge in [0, 0.05) is 17.7 Å². The molecule has 1 aromatic carbocycles. The molecule has 0 aliphatic carbocycles. The maximum atomic E-state index is 11.9. The lowest BCUT2D eigenvalue weighted by molar-refractivity contribution is 0.0945. The van der Waals surface area contributed by atoms with Crippen LogP contribution in [0.3, 0.4) is 0 Å². The van der Waals surface area contributed by atoms with Crippen LogP contribution in [0.5, 0.6) is 0 Å². The SMILES string of the molecule is CC(O)CCNC(=O)c1cccc(-c2ccoc2)c1. The molecular weight excluding hydrogens is 242 g/mol. The number of nitrogens with one attached hydrogen (secondary N) is 1. The number of benzene rings is 1. The van der Waals surface area contributed by atoms with Gasteiger partial charge in [-0.1, -0.05) is 12.1 Å². The maximum absolute atomic E-state index is 11.9. The summed E-state index contributed by atoms with van der Waals surface area (Å²) in [5.74, 6) is -0.133.